The van der Waals surface area contributed by atoms with Gasteiger partial charge < -0.3 is 4.74 Å². The molecule has 2 aromatic rings. The van der Waals surface area contributed by atoms with Crippen molar-refractivity contribution in [2.24, 2.45) is 4.99 Å². The molecule has 0 saturated heterocycles. The molecule has 0 bridgehead atoms. The van der Waals surface area contributed by atoms with Crippen LogP contribution in [-0.4, -0.2) is 11.0 Å². The van der Waals surface area contributed by atoms with Crippen LogP contribution in [0.1, 0.15) is 6.92 Å². The molecule has 0 radical (unpaired) electrons. The predicted molar refractivity (Wildman–Crippen MR) is 75.1 cm³/mol. The Balaban J connectivity index is 0.00000144. The van der Waals surface area contributed by atoms with Crippen molar-refractivity contribution in [2.45, 2.75) is 6.92 Å². The number of ether oxygens (including phenoxy) is 1. The molecule has 0 saturated carbocycles. The number of rotatable bonds is 3. The molecular weight excluding hydrogens is 299 g/mol. The Morgan fingerprint density at radius 2 is 2.06 bits per heavy atom. The summed E-state index contributed by atoms with van der Waals surface area (Å²) in [4.78, 5) is 4.38. The van der Waals surface area contributed by atoms with Gasteiger partial charge >= 0.3 is 0 Å². The summed E-state index contributed by atoms with van der Waals surface area (Å²) in [6.45, 7) is 2.62. The molecule has 1 heterocycles. The van der Waals surface area contributed by atoms with Crippen LogP contribution in [0.15, 0.2) is 29.3 Å². The quantitative estimate of drug-likeness (QED) is 0.806. The van der Waals surface area contributed by atoms with E-state index in [1.807, 2.05) is 31.2 Å². The van der Waals surface area contributed by atoms with Gasteiger partial charge in [0.25, 0.3) is 0 Å². The number of hydrogen-bond acceptors (Lipinski definition) is 5. The first-order valence-electron chi connectivity index (χ1n) is 4.68. The Morgan fingerprint density at radius 3 is 2.59 bits per heavy atom. The molecule has 7 heteroatoms. The zero-order valence-corrected chi connectivity index (χ0v) is 12.1. The van der Waals surface area contributed by atoms with Crippen molar-refractivity contribution in [2.75, 3.05) is 6.61 Å². The first-order chi connectivity index (χ1) is 7.79. The molecule has 92 valence electrons. The second-order valence-corrected chi connectivity index (χ2v) is 5.07. The molecule has 1 aromatic heterocycles. The van der Waals surface area contributed by atoms with Gasteiger partial charge in [-0.3, -0.25) is 0 Å². The van der Waals surface area contributed by atoms with Crippen LogP contribution in [0.5, 0.6) is 5.75 Å². The predicted octanol–water partition coefficient (Wildman–Crippen LogP) is 3.91. The fourth-order valence-corrected chi connectivity index (χ4v) is 3.12. The first-order valence-corrected chi connectivity index (χ1v) is 7.17. The normalized spacial score (nSPS) is 11.1. The molecule has 0 spiro atoms. The van der Waals surface area contributed by atoms with Gasteiger partial charge in [0.1, 0.15) is 5.75 Å². The molecule has 2 rings (SSSR count). The van der Waals surface area contributed by atoms with Gasteiger partial charge in [0.15, 0.2) is 9.82 Å². The molecule has 1 aromatic carbocycles. The lowest BCUT2D eigenvalue weighted by Gasteiger charge is -2.01. The van der Waals surface area contributed by atoms with Crippen LogP contribution in [0.3, 0.4) is 0 Å². The number of hydrogen-bond donors (Lipinski definition) is 0. The highest BCUT2D eigenvalue weighted by atomic mass is 35.5. The number of nitrogens with zero attached hydrogens (tertiary/aromatic N) is 2. The van der Waals surface area contributed by atoms with Crippen molar-refractivity contribution in [3.05, 3.63) is 34.1 Å². The van der Waals surface area contributed by atoms with Crippen LogP contribution < -0.4 is 9.41 Å². The summed E-state index contributed by atoms with van der Waals surface area (Å²) in [5, 5.41) is 0.462. The van der Waals surface area contributed by atoms with Gasteiger partial charge in [-0.15, -0.1) is 12.4 Å². The van der Waals surface area contributed by atoms with Gasteiger partial charge in [-0.2, -0.15) is 4.37 Å². The van der Waals surface area contributed by atoms with E-state index in [0.29, 0.717) is 11.8 Å². The summed E-state index contributed by atoms with van der Waals surface area (Å²) in [5.41, 5.74) is 0.849. The largest absolute Gasteiger partial charge is 0.494 e. The molecule has 0 fully saturated rings. The van der Waals surface area contributed by atoms with E-state index in [2.05, 4.69) is 9.37 Å². The maximum Gasteiger partial charge on any atom is 0.179 e. The van der Waals surface area contributed by atoms with Crippen molar-refractivity contribution in [1.29, 1.82) is 0 Å². The molecule has 0 unspecified atom stereocenters. The van der Waals surface area contributed by atoms with E-state index in [4.69, 9.17) is 16.3 Å². The number of aromatic nitrogens is 1. The first kappa shape index (κ1) is 14.4. The van der Waals surface area contributed by atoms with E-state index in [9.17, 15) is 0 Å². The minimum atomic E-state index is 0. The maximum atomic E-state index is 5.86. The van der Waals surface area contributed by atoms with Crippen LogP contribution in [-0.2, 0) is 0 Å². The van der Waals surface area contributed by atoms with Gasteiger partial charge in [0.05, 0.1) is 12.3 Å². The highest BCUT2D eigenvalue weighted by molar-refractivity contribution is 7.66. The number of benzene rings is 1. The summed E-state index contributed by atoms with van der Waals surface area (Å²) in [6, 6.07) is 7.57. The minimum Gasteiger partial charge on any atom is -0.494 e. The highest BCUT2D eigenvalue weighted by Crippen LogP contribution is 2.18. The van der Waals surface area contributed by atoms with Gasteiger partial charge in [-0.1, -0.05) is 11.6 Å². The molecule has 17 heavy (non-hydrogen) atoms. The van der Waals surface area contributed by atoms with E-state index < -0.39 is 0 Å². The Labute approximate surface area is 118 Å². The summed E-state index contributed by atoms with van der Waals surface area (Å²) in [5.74, 6) is 0.847. The zero-order chi connectivity index (χ0) is 11.4. The third-order valence-corrected chi connectivity index (χ3v) is 3.96. The summed E-state index contributed by atoms with van der Waals surface area (Å²) >= 11 is 5.86. The Hall–Kier alpha value is -0.620. The molecule has 3 nitrogen and oxygen atoms in total. The average molecular weight is 309 g/mol. The van der Waals surface area contributed by atoms with Crippen LogP contribution in [0.25, 0.3) is 0 Å². The van der Waals surface area contributed by atoms with E-state index in [-0.39, 0.29) is 12.4 Å². The maximum absolute atomic E-state index is 5.86. The lowest BCUT2D eigenvalue weighted by molar-refractivity contribution is 0.340. The van der Waals surface area contributed by atoms with E-state index in [1.54, 1.807) is 0 Å². The SMILES string of the molecule is CCOc1ccc(N=c2ssnc2Cl)cc1.Cl. The molecule has 0 atom stereocenters. The molecule has 0 aliphatic heterocycles. The van der Waals surface area contributed by atoms with Gasteiger partial charge in [-0.25, -0.2) is 4.99 Å². The van der Waals surface area contributed by atoms with Crippen molar-refractivity contribution >= 4 is 50.6 Å². The molecular formula is C10H10Cl2N2OS2. The van der Waals surface area contributed by atoms with Gasteiger partial charge in [0.2, 0.25) is 0 Å². The second-order valence-electron chi connectivity index (χ2n) is 2.88. The fourth-order valence-electron chi connectivity index (χ4n) is 1.13. The third kappa shape index (κ3) is 3.96. The lowest BCUT2D eigenvalue weighted by Crippen LogP contribution is -1.93. The summed E-state index contributed by atoms with van der Waals surface area (Å²) in [6.07, 6.45) is 0. The van der Waals surface area contributed by atoms with E-state index in [1.165, 1.54) is 20.9 Å². The van der Waals surface area contributed by atoms with Crippen LogP contribution in [0, 0.1) is 0 Å². The van der Waals surface area contributed by atoms with Gasteiger partial charge in [0, 0.05) is 10.5 Å². The van der Waals surface area contributed by atoms with Crippen LogP contribution >= 0.6 is 44.9 Å². The molecule has 0 N–H and O–H groups in total. The van der Waals surface area contributed by atoms with E-state index >= 15 is 0 Å². The van der Waals surface area contributed by atoms with Crippen molar-refractivity contribution in [3.8, 4) is 5.75 Å². The standard InChI is InChI=1S/C10H9ClN2OS2.ClH/c1-2-14-8-5-3-7(4-6-8)12-10-9(11)13-16-15-10;/h3-6H,2H2,1H3;1H. The summed E-state index contributed by atoms with van der Waals surface area (Å²) in [7, 11) is 2.80. The van der Waals surface area contributed by atoms with Crippen LogP contribution in [0.4, 0.5) is 5.69 Å². The lowest BCUT2D eigenvalue weighted by atomic mass is 10.3. The monoisotopic (exact) mass is 308 g/mol. The van der Waals surface area contributed by atoms with Gasteiger partial charge in [-0.05, 0) is 41.5 Å². The van der Waals surface area contributed by atoms with Crippen molar-refractivity contribution in [1.82, 2.24) is 4.37 Å². The van der Waals surface area contributed by atoms with Crippen LogP contribution in [0.2, 0.25) is 5.15 Å². The molecule has 0 aliphatic carbocycles. The third-order valence-electron chi connectivity index (χ3n) is 1.79. The second kappa shape index (κ2) is 6.96. The molecule has 0 aliphatic rings. The van der Waals surface area contributed by atoms with E-state index in [0.717, 1.165) is 16.1 Å². The zero-order valence-electron chi connectivity index (χ0n) is 8.92. The average Bonchev–Trinajstić information content (AvgIpc) is 2.68. The van der Waals surface area contributed by atoms with Crippen molar-refractivity contribution in [3.63, 3.8) is 0 Å². The molecule has 0 amide bonds. The Kier molecular flexibility index (Phi) is 5.91. The minimum absolute atomic E-state index is 0. The fraction of sp³-hybridized carbons (Fsp3) is 0.200. The Bertz CT molecular complexity index is 522. The Morgan fingerprint density at radius 1 is 1.35 bits per heavy atom. The van der Waals surface area contributed by atoms with Crippen molar-refractivity contribution < 1.29 is 4.74 Å². The summed E-state index contributed by atoms with van der Waals surface area (Å²) < 4.78 is 10.1. The topological polar surface area (TPSA) is 34.5 Å². The highest BCUT2D eigenvalue weighted by Gasteiger charge is 1.97. The number of halogens is 2. The smallest absolute Gasteiger partial charge is 0.179 e.